The van der Waals surface area contributed by atoms with Crippen LogP contribution in [-0.4, -0.2) is 18.8 Å². The number of nitrogen functional groups attached to an aromatic ring is 1. The molecule has 3 N–H and O–H groups in total. The first kappa shape index (κ1) is 14.3. The standard InChI is InChI=1S/C15H16N2O2S/c1-20-14-5-3-2-4-13(14)19-10-15(18)17-12-8-6-11(16)7-9-12/h2-9H,10,16H2,1H3,(H,17,18). The molecule has 2 aromatic carbocycles. The number of para-hydroxylation sites is 1. The van der Waals surface area contributed by atoms with Crippen LogP contribution in [0.1, 0.15) is 0 Å². The minimum absolute atomic E-state index is 0.0258. The van der Waals surface area contributed by atoms with Gasteiger partial charge in [0.15, 0.2) is 6.61 Å². The Bertz CT molecular complexity index is 585. The van der Waals surface area contributed by atoms with Gasteiger partial charge < -0.3 is 15.8 Å². The quantitative estimate of drug-likeness (QED) is 0.655. The third-order valence-electron chi connectivity index (χ3n) is 2.62. The summed E-state index contributed by atoms with van der Waals surface area (Å²) in [6.45, 7) is -0.0258. The van der Waals surface area contributed by atoms with Gasteiger partial charge in [-0.15, -0.1) is 11.8 Å². The number of anilines is 2. The predicted molar refractivity (Wildman–Crippen MR) is 83.2 cm³/mol. The summed E-state index contributed by atoms with van der Waals surface area (Å²) in [6, 6.07) is 14.6. The minimum Gasteiger partial charge on any atom is -0.483 e. The highest BCUT2D eigenvalue weighted by Crippen LogP contribution is 2.26. The first-order valence-electron chi connectivity index (χ1n) is 6.10. The Kier molecular flexibility index (Phi) is 4.90. The van der Waals surface area contributed by atoms with Crippen molar-refractivity contribution in [3.63, 3.8) is 0 Å². The first-order chi connectivity index (χ1) is 9.69. The molecule has 2 rings (SSSR count). The van der Waals surface area contributed by atoms with E-state index in [4.69, 9.17) is 10.5 Å². The fourth-order valence-electron chi connectivity index (χ4n) is 1.64. The van der Waals surface area contributed by atoms with Gasteiger partial charge in [-0.05, 0) is 42.7 Å². The summed E-state index contributed by atoms with van der Waals surface area (Å²) < 4.78 is 5.53. The second-order valence-electron chi connectivity index (χ2n) is 4.11. The molecule has 0 spiro atoms. The Balaban J connectivity index is 1.90. The molecule has 0 fully saturated rings. The topological polar surface area (TPSA) is 64.3 Å². The van der Waals surface area contributed by atoms with Crippen LogP contribution in [0.25, 0.3) is 0 Å². The van der Waals surface area contributed by atoms with Gasteiger partial charge in [-0.1, -0.05) is 12.1 Å². The number of nitrogens with two attached hydrogens (primary N) is 1. The van der Waals surface area contributed by atoms with E-state index >= 15 is 0 Å². The molecule has 20 heavy (non-hydrogen) atoms. The maximum Gasteiger partial charge on any atom is 0.262 e. The van der Waals surface area contributed by atoms with Gasteiger partial charge in [0.1, 0.15) is 5.75 Å². The number of hydrogen-bond donors (Lipinski definition) is 2. The van der Waals surface area contributed by atoms with Gasteiger partial charge in [0, 0.05) is 16.3 Å². The van der Waals surface area contributed by atoms with Gasteiger partial charge in [-0.25, -0.2) is 0 Å². The van der Waals surface area contributed by atoms with E-state index in [2.05, 4.69) is 5.32 Å². The average Bonchev–Trinajstić information content (AvgIpc) is 2.48. The van der Waals surface area contributed by atoms with Gasteiger partial charge in [0.2, 0.25) is 0 Å². The second-order valence-corrected chi connectivity index (χ2v) is 4.96. The maximum absolute atomic E-state index is 11.8. The molecule has 0 heterocycles. The van der Waals surface area contributed by atoms with Crippen LogP contribution in [0.15, 0.2) is 53.4 Å². The molecule has 0 aliphatic rings. The van der Waals surface area contributed by atoms with Crippen LogP contribution in [0.5, 0.6) is 5.75 Å². The van der Waals surface area contributed by atoms with E-state index in [1.54, 1.807) is 36.0 Å². The fourth-order valence-corrected chi connectivity index (χ4v) is 2.19. The first-order valence-corrected chi connectivity index (χ1v) is 7.32. The molecular formula is C15H16N2O2S. The lowest BCUT2D eigenvalue weighted by Gasteiger charge is -2.10. The molecule has 0 aliphatic heterocycles. The van der Waals surface area contributed by atoms with Crippen LogP contribution >= 0.6 is 11.8 Å². The summed E-state index contributed by atoms with van der Waals surface area (Å²) in [5.74, 6) is 0.512. The molecular weight excluding hydrogens is 272 g/mol. The predicted octanol–water partition coefficient (Wildman–Crippen LogP) is 3.01. The van der Waals surface area contributed by atoms with Crippen molar-refractivity contribution in [1.29, 1.82) is 0 Å². The lowest BCUT2D eigenvalue weighted by molar-refractivity contribution is -0.118. The van der Waals surface area contributed by atoms with Crippen molar-refractivity contribution in [2.45, 2.75) is 4.90 Å². The molecule has 0 unspecified atom stereocenters. The van der Waals surface area contributed by atoms with Crippen LogP contribution in [0.3, 0.4) is 0 Å². The van der Waals surface area contributed by atoms with Crippen molar-refractivity contribution < 1.29 is 9.53 Å². The summed E-state index contributed by atoms with van der Waals surface area (Å²) in [5, 5.41) is 2.75. The monoisotopic (exact) mass is 288 g/mol. The Morgan fingerprint density at radius 1 is 1.20 bits per heavy atom. The molecule has 0 saturated carbocycles. The van der Waals surface area contributed by atoms with Crippen LogP contribution in [0, 0.1) is 0 Å². The Morgan fingerprint density at radius 2 is 1.90 bits per heavy atom. The van der Waals surface area contributed by atoms with E-state index in [-0.39, 0.29) is 12.5 Å². The molecule has 1 amide bonds. The summed E-state index contributed by atoms with van der Waals surface area (Å²) in [6.07, 6.45) is 1.97. The number of thioether (sulfide) groups is 1. The average molecular weight is 288 g/mol. The molecule has 0 aromatic heterocycles. The Labute approximate surface area is 122 Å². The highest BCUT2D eigenvalue weighted by molar-refractivity contribution is 7.98. The van der Waals surface area contributed by atoms with E-state index in [1.807, 2.05) is 30.5 Å². The highest BCUT2D eigenvalue weighted by Gasteiger charge is 2.06. The molecule has 0 bridgehead atoms. The van der Waals surface area contributed by atoms with Crippen molar-refractivity contribution in [2.75, 3.05) is 23.9 Å². The molecule has 104 valence electrons. The Hall–Kier alpha value is -2.14. The van der Waals surface area contributed by atoms with Crippen molar-refractivity contribution in [3.05, 3.63) is 48.5 Å². The van der Waals surface area contributed by atoms with Gasteiger partial charge in [-0.3, -0.25) is 4.79 Å². The smallest absolute Gasteiger partial charge is 0.262 e. The van der Waals surface area contributed by atoms with E-state index in [0.717, 1.165) is 4.90 Å². The number of rotatable bonds is 5. The third-order valence-corrected chi connectivity index (χ3v) is 3.40. The number of benzene rings is 2. The van der Waals surface area contributed by atoms with E-state index in [1.165, 1.54) is 0 Å². The van der Waals surface area contributed by atoms with Crippen molar-refractivity contribution in [1.82, 2.24) is 0 Å². The van der Waals surface area contributed by atoms with Crippen LogP contribution in [-0.2, 0) is 4.79 Å². The lowest BCUT2D eigenvalue weighted by Crippen LogP contribution is -2.20. The second kappa shape index (κ2) is 6.86. The SMILES string of the molecule is CSc1ccccc1OCC(=O)Nc1ccc(N)cc1. The van der Waals surface area contributed by atoms with Crippen molar-refractivity contribution in [3.8, 4) is 5.75 Å². The van der Waals surface area contributed by atoms with Gasteiger partial charge in [0.05, 0.1) is 0 Å². The summed E-state index contributed by atoms with van der Waals surface area (Å²) in [4.78, 5) is 12.8. The van der Waals surface area contributed by atoms with Crippen molar-refractivity contribution >= 4 is 29.0 Å². The highest BCUT2D eigenvalue weighted by atomic mass is 32.2. The van der Waals surface area contributed by atoms with E-state index < -0.39 is 0 Å². The molecule has 4 nitrogen and oxygen atoms in total. The van der Waals surface area contributed by atoms with E-state index in [0.29, 0.717) is 17.1 Å². The number of carbonyl (C=O) groups is 1. The third kappa shape index (κ3) is 3.93. The maximum atomic E-state index is 11.8. The number of nitrogens with one attached hydrogen (secondary N) is 1. The molecule has 0 radical (unpaired) electrons. The summed E-state index contributed by atoms with van der Waals surface area (Å²) in [7, 11) is 0. The van der Waals surface area contributed by atoms with Crippen LogP contribution < -0.4 is 15.8 Å². The number of carbonyl (C=O) groups excluding carboxylic acids is 1. The van der Waals surface area contributed by atoms with Gasteiger partial charge >= 0.3 is 0 Å². The number of ether oxygens (including phenoxy) is 1. The zero-order valence-corrected chi connectivity index (χ0v) is 11.9. The molecule has 0 saturated heterocycles. The van der Waals surface area contributed by atoms with Crippen LogP contribution in [0.2, 0.25) is 0 Å². The molecule has 0 atom stereocenters. The van der Waals surface area contributed by atoms with Crippen LogP contribution in [0.4, 0.5) is 11.4 Å². The Morgan fingerprint density at radius 3 is 2.60 bits per heavy atom. The normalized spacial score (nSPS) is 10.1. The van der Waals surface area contributed by atoms with Crippen molar-refractivity contribution in [2.24, 2.45) is 0 Å². The molecule has 2 aromatic rings. The van der Waals surface area contributed by atoms with Gasteiger partial charge in [-0.2, -0.15) is 0 Å². The summed E-state index contributed by atoms with van der Waals surface area (Å²) in [5.41, 5.74) is 6.94. The largest absolute Gasteiger partial charge is 0.483 e. The summed E-state index contributed by atoms with van der Waals surface area (Å²) >= 11 is 1.58. The van der Waals surface area contributed by atoms with Gasteiger partial charge in [0.25, 0.3) is 5.91 Å². The minimum atomic E-state index is -0.203. The molecule has 0 aliphatic carbocycles. The number of hydrogen-bond acceptors (Lipinski definition) is 4. The zero-order chi connectivity index (χ0) is 14.4. The van der Waals surface area contributed by atoms with E-state index in [9.17, 15) is 4.79 Å². The molecule has 5 heteroatoms. The number of amides is 1. The fraction of sp³-hybridized carbons (Fsp3) is 0.133. The lowest BCUT2D eigenvalue weighted by atomic mass is 10.3. The zero-order valence-electron chi connectivity index (χ0n) is 11.1.